The van der Waals surface area contributed by atoms with Crippen molar-refractivity contribution in [3.8, 4) is 0 Å². The summed E-state index contributed by atoms with van der Waals surface area (Å²) in [7, 11) is 0. The first-order chi connectivity index (χ1) is 6.43. The van der Waals surface area contributed by atoms with Crippen molar-refractivity contribution >= 4 is 0 Å². The second-order valence-corrected chi connectivity index (χ2v) is 3.35. The molecule has 0 spiro atoms. The van der Waals surface area contributed by atoms with Gasteiger partial charge in [-0.25, -0.2) is 0 Å². The summed E-state index contributed by atoms with van der Waals surface area (Å²) in [5.74, 6) is 0. The Bertz CT molecular complexity index is 115. The molecule has 4 nitrogen and oxygen atoms in total. The summed E-state index contributed by atoms with van der Waals surface area (Å²) in [5.41, 5.74) is 5.39. The second kappa shape index (κ2) is 7.26. The van der Waals surface area contributed by atoms with Crippen molar-refractivity contribution in [1.29, 1.82) is 0 Å². The SMILES string of the molecule is NCCCNCCN1CCOCC1. The van der Waals surface area contributed by atoms with E-state index in [9.17, 15) is 0 Å². The molecular weight excluding hydrogens is 166 g/mol. The quantitative estimate of drug-likeness (QED) is 0.538. The molecule has 0 radical (unpaired) electrons. The maximum absolute atomic E-state index is 5.39. The molecule has 0 aromatic carbocycles. The van der Waals surface area contributed by atoms with Crippen LogP contribution in [0.5, 0.6) is 0 Å². The number of ether oxygens (including phenoxy) is 1. The second-order valence-electron chi connectivity index (χ2n) is 3.35. The molecule has 0 unspecified atom stereocenters. The highest BCUT2D eigenvalue weighted by Crippen LogP contribution is 1.94. The van der Waals surface area contributed by atoms with Gasteiger partial charge in [0.05, 0.1) is 13.2 Å². The molecule has 1 heterocycles. The highest BCUT2D eigenvalue weighted by atomic mass is 16.5. The minimum absolute atomic E-state index is 0.782. The molecule has 0 atom stereocenters. The van der Waals surface area contributed by atoms with Gasteiger partial charge in [-0.15, -0.1) is 0 Å². The number of nitrogens with zero attached hydrogens (tertiary/aromatic N) is 1. The molecule has 13 heavy (non-hydrogen) atoms. The molecule has 0 amide bonds. The molecule has 0 aromatic rings. The average molecular weight is 187 g/mol. The van der Waals surface area contributed by atoms with Gasteiger partial charge < -0.3 is 15.8 Å². The zero-order valence-corrected chi connectivity index (χ0v) is 8.30. The molecule has 0 aliphatic carbocycles. The lowest BCUT2D eigenvalue weighted by Crippen LogP contribution is -2.40. The van der Waals surface area contributed by atoms with E-state index in [-0.39, 0.29) is 0 Å². The van der Waals surface area contributed by atoms with Gasteiger partial charge in [0.2, 0.25) is 0 Å². The smallest absolute Gasteiger partial charge is 0.0594 e. The lowest BCUT2D eigenvalue weighted by molar-refractivity contribution is 0.0384. The third-order valence-electron chi connectivity index (χ3n) is 2.27. The Morgan fingerprint density at radius 1 is 1.23 bits per heavy atom. The summed E-state index contributed by atoms with van der Waals surface area (Å²) in [6.07, 6.45) is 1.07. The van der Waals surface area contributed by atoms with E-state index in [0.29, 0.717) is 0 Å². The van der Waals surface area contributed by atoms with E-state index in [1.54, 1.807) is 0 Å². The van der Waals surface area contributed by atoms with Crippen LogP contribution in [0.3, 0.4) is 0 Å². The topological polar surface area (TPSA) is 50.5 Å². The zero-order chi connectivity index (χ0) is 9.36. The number of hydrogen-bond acceptors (Lipinski definition) is 4. The molecule has 1 aliphatic rings. The maximum atomic E-state index is 5.39. The van der Waals surface area contributed by atoms with Crippen molar-refractivity contribution in [2.24, 2.45) is 5.73 Å². The van der Waals surface area contributed by atoms with Crippen LogP contribution >= 0.6 is 0 Å². The Labute approximate surface area is 80.4 Å². The van der Waals surface area contributed by atoms with E-state index in [4.69, 9.17) is 10.5 Å². The fourth-order valence-electron chi connectivity index (χ4n) is 1.41. The highest BCUT2D eigenvalue weighted by Gasteiger charge is 2.08. The molecular formula is C9H21N3O. The largest absolute Gasteiger partial charge is 0.379 e. The van der Waals surface area contributed by atoms with Crippen molar-refractivity contribution in [3.05, 3.63) is 0 Å². The number of morpholine rings is 1. The van der Waals surface area contributed by atoms with Crippen molar-refractivity contribution in [3.63, 3.8) is 0 Å². The first kappa shape index (κ1) is 10.9. The summed E-state index contributed by atoms with van der Waals surface area (Å²) in [6, 6.07) is 0. The molecule has 3 N–H and O–H groups in total. The molecule has 1 aliphatic heterocycles. The minimum Gasteiger partial charge on any atom is -0.379 e. The van der Waals surface area contributed by atoms with E-state index in [1.165, 1.54) is 0 Å². The highest BCUT2D eigenvalue weighted by molar-refractivity contribution is 4.62. The third-order valence-corrected chi connectivity index (χ3v) is 2.27. The van der Waals surface area contributed by atoms with Crippen LogP contribution in [0.2, 0.25) is 0 Å². The molecule has 0 bridgehead atoms. The summed E-state index contributed by atoms with van der Waals surface area (Å²) in [6.45, 7) is 7.97. The predicted octanol–water partition coefficient (Wildman–Crippen LogP) is -0.743. The van der Waals surface area contributed by atoms with Gasteiger partial charge >= 0.3 is 0 Å². The maximum Gasteiger partial charge on any atom is 0.0594 e. The van der Waals surface area contributed by atoms with Gasteiger partial charge in [0.1, 0.15) is 0 Å². The normalized spacial score (nSPS) is 19.2. The van der Waals surface area contributed by atoms with E-state index >= 15 is 0 Å². The number of hydrogen-bond donors (Lipinski definition) is 2. The van der Waals surface area contributed by atoms with Crippen LogP contribution in [0.25, 0.3) is 0 Å². The van der Waals surface area contributed by atoms with Gasteiger partial charge in [0.15, 0.2) is 0 Å². The Morgan fingerprint density at radius 2 is 2.00 bits per heavy atom. The van der Waals surface area contributed by atoms with Crippen LogP contribution < -0.4 is 11.1 Å². The average Bonchev–Trinajstić information content (AvgIpc) is 2.19. The van der Waals surface area contributed by atoms with E-state index in [0.717, 1.165) is 58.9 Å². The molecule has 1 rings (SSSR count). The van der Waals surface area contributed by atoms with Crippen LogP contribution in [0.1, 0.15) is 6.42 Å². The van der Waals surface area contributed by atoms with Crippen LogP contribution in [0.4, 0.5) is 0 Å². The van der Waals surface area contributed by atoms with Crippen LogP contribution in [-0.2, 0) is 4.74 Å². The zero-order valence-electron chi connectivity index (χ0n) is 8.30. The van der Waals surface area contributed by atoms with Crippen LogP contribution in [0, 0.1) is 0 Å². The van der Waals surface area contributed by atoms with E-state index < -0.39 is 0 Å². The summed E-state index contributed by atoms with van der Waals surface area (Å²) in [5, 5.41) is 3.37. The Kier molecular flexibility index (Phi) is 6.10. The van der Waals surface area contributed by atoms with Gasteiger partial charge in [0, 0.05) is 26.2 Å². The molecule has 1 saturated heterocycles. The number of nitrogens with one attached hydrogen (secondary N) is 1. The number of rotatable bonds is 6. The van der Waals surface area contributed by atoms with Gasteiger partial charge in [-0.2, -0.15) is 0 Å². The summed E-state index contributed by atoms with van der Waals surface area (Å²) in [4.78, 5) is 2.43. The van der Waals surface area contributed by atoms with Gasteiger partial charge in [-0.05, 0) is 19.5 Å². The fraction of sp³-hybridized carbons (Fsp3) is 1.00. The minimum atomic E-state index is 0.782. The van der Waals surface area contributed by atoms with Crippen LogP contribution in [-0.4, -0.2) is 57.4 Å². The fourth-order valence-corrected chi connectivity index (χ4v) is 1.41. The van der Waals surface area contributed by atoms with Crippen molar-refractivity contribution < 1.29 is 4.74 Å². The lowest BCUT2D eigenvalue weighted by atomic mass is 10.4. The number of nitrogens with two attached hydrogens (primary N) is 1. The van der Waals surface area contributed by atoms with Crippen molar-refractivity contribution in [1.82, 2.24) is 10.2 Å². The molecule has 78 valence electrons. The summed E-state index contributed by atoms with van der Waals surface area (Å²) < 4.78 is 5.27. The Morgan fingerprint density at radius 3 is 2.69 bits per heavy atom. The molecule has 4 heteroatoms. The van der Waals surface area contributed by atoms with E-state index in [1.807, 2.05) is 0 Å². The lowest BCUT2D eigenvalue weighted by Gasteiger charge is -2.26. The van der Waals surface area contributed by atoms with Crippen molar-refractivity contribution in [2.45, 2.75) is 6.42 Å². The van der Waals surface area contributed by atoms with Gasteiger partial charge in [0.25, 0.3) is 0 Å². The Hall–Kier alpha value is -0.160. The Balaban J connectivity index is 1.86. The third kappa shape index (κ3) is 5.21. The van der Waals surface area contributed by atoms with Gasteiger partial charge in [-0.1, -0.05) is 0 Å². The van der Waals surface area contributed by atoms with Crippen molar-refractivity contribution in [2.75, 3.05) is 52.5 Å². The monoisotopic (exact) mass is 187 g/mol. The predicted molar refractivity (Wildman–Crippen MR) is 53.8 cm³/mol. The first-order valence-electron chi connectivity index (χ1n) is 5.14. The molecule has 1 fully saturated rings. The van der Waals surface area contributed by atoms with Crippen LogP contribution in [0.15, 0.2) is 0 Å². The molecule has 0 aromatic heterocycles. The first-order valence-corrected chi connectivity index (χ1v) is 5.14. The molecule has 0 saturated carbocycles. The van der Waals surface area contributed by atoms with E-state index in [2.05, 4.69) is 10.2 Å². The summed E-state index contributed by atoms with van der Waals surface area (Å²) >= 11 is 0. The van der Waals surface area contributed by atoms with Gasteiger partial charge in [-0.3, -0.25) is 4.90 Å². The standard InChI is InChI=1S/C9H21N3O/c10-2-1-3-11-4-5-12-6-8-13-9-7-12/h11H,1-10H2.